The van der Waals surface area contributed by atoms with Crippen LogP contribution in [-0.2, 0) is 14.8 Å². The van der Waals surface area contributed by atoms with Crippen molar-refractivity contribution in [3.63, 3.8) is 0 Å². The molecule has 1 aromatic carbocycles. The first-order valence-corrected chi connectivity index (χ1v) is 7.80. The molecule has 1 aliphatic carbocycles. The highest BCUT2D eigenvalue weighted by molar-refractivity contribution is 7.89. The Morgan fingerprint density at radius 2 is 2.15 bits per heavy atom. The molecule has 0 spiro atoms. The Kier molecular flexibility index (Phi) is 4.22. The Morgan fingerprint density at radius 3 is 2.65 bits per heavy atom. The summed E-state index contributed by atoms with van der Waals surface area (Å²) in [5, 5.41) is 9.42. The molecule has 1 aromatic rings. The van der Waals surface area contributed by atoms with Crippen LogP contribution in [0, 0.1) is 5.92 Å². The van der Waals surface area contributed by atoms with E-state index in [0.717, 1.165) is 0 Å². The highest BCUT2D eigenvalue weighted by Gasteiger charge is 2.39. The van der Waals surface area contributed by atoms with Crippen LogP contribution in [0.25, 0.3) is 0 Å². The monoisotopic (exact) mass is 319 g/mol. The van der Waals surface area contributed by atoms with Gasteiger partial charge in [-0.15, -0.1) is 0 Å². The molecule has 0 saturated heterocycles. The molecule has 0 amide bonds. The molecular formula is C12H14ClNO5S. The van der Waals surface area contributed by atoms with Gasteiger partial charge in [-0.1, -0.05) is 11.6 Å². The lowest BCUT2D eigenvalue weighted by Gasteiger charge is -2.15. The minimum Gasteiger partial charge on any atom is -0.495 e. The fourth-order valence-electron chi connectivity index (χ4n) is 1.87. The summed E-state index contributed by atoms with van der Waals surface area (Å²) >= 11 is 5.77. The molecule has 1 unspecified atom stereocenters. The maximum absolute atomic E-state index is 12.3. The van der Waals surface area contributed by atoms with Gasteiger partial charge in [0.2, 0.25) is 10.0 Å². The third-order valence-corrected chi connectivity index (χ3v) is 4.77. The predicted octanol–water partition coefficient (Wildman–Crippen LogP) is 1.49. The number of carboxylic acid groups (broad SMARTS) is 1. The van der Waals surface area contributed by atoms with Crippen molar-refractivity contribution in [1.29, 1.82) is 0 Å². The van der Waals surface area contributed by atoms with Gasteiger partial charge in [-0.2, -0.15) is 4.72 Å². The van der Waals surface area contributed by atoms with Gasteiger partial charge in [-0.05, 0) is 30.9 Å². The van der Waals surface area contributed by atoms with Crippen LogP contribution in [0.5, 0.6) is 5.75 Å². The van der Waals surface area contributed by atoms with Gasteiger partial charge >= 0.3 is 5.97 Å². The topological polar surface area (TPSA) is 92.7 Å². The first-order valence-electron chi connectivity index (χ1n) is 5.94. The average Bonchev–Trinajstić information content (AvgIpc) is 3.19. The van der Waals surface area contributed by atoms with Crippen molar-refractivity contribution in [2.75, 3.05) is 7.11 Å². The minimum atomic E-state index is -3.98. The Hall–Kier alpha value is -1.31. The number of nitrogens with one attached hydrogen (secondary N) is 1. The average molecular weight is 320 g/mol. The van der Waals surface area contributed by atoms with Crippen molar-refractivity contribution in [3.8, 4) is 5.75 Å². The van der Waals surface area contributed by atoms with E-state index in [9.17, 15) is 13.2 Å². The summed E-state index contributed by atoms with van der Waals surface area (Å²) in [6, 6.07) is 2.95. The second kappa shape index (κ2) is 5.59. The van der Waals surface area contributed by atoms with Crippen LogP contribution >= 0.6 is 11.6 Å². The van der Waals surface area contributed by atoms with E-state index in [0.29, 0.717) is 17.9 Å². The minimum absolute atomic E-state index is 0.0740. The van der Waals surface area contributed by atoms with E-state index in [1.807, 2.05) is 0 Å². The zero-order valence-electron chi connectivity index (χ0n) is 10.7. The van der Waals surface area contributed by atoms with Crippen LogP contribution in [0.3, 0.4) is 0 Å². The summed E-state index contributed by atoms with van der Waals surface area (Å²) in [6.07, 6.45) is 1.41. The Labute approximate surface area is 121 Å². The Balaban J connectivity index is 2.32. The standard InChI is InChI=1S/C12H14ClNO5S/c1-19-9-6-8(13)4-5-10(9)20(17,18)14-11(12(15)16)7-2-3-7/h4-7,11,14H,2-3H2,1H3,(H,15,16). The van der Waals surface area contributed by atoms with Crippen molar-refractivity contribution in [2.24, 2.45) is 5.92 Å². The van der Waals surface area contributed by atoms with Crippen LogP contribution in [0.15, 0.2) is 23.1 Å². The van der Waals surface area contributed by atoms with Crippen molar-refractivity contribution >= 4 is 27.6 Å². The van der Waals surface area contributed by atoms with Gasteiger partial charge in [-0.25, -0.2) is 8.42 Å². The maximum atomic E-state index is 12.3. The van der Waals surface area contributed by atoms with Gasteiger partial charge in [0.05, 0.1) is 7.11 Å². The molecule has 6 nitrogen and oxygen atoms in total. The molecule has 2 N–H and O–H groups in total. The summed E-state index contributed by atoms with van der Waals surface area (Å²) < 4.78 is 31.7. The zero-order valence-corrected chi connectivity index (χ0v) is 12.2. The van der Waals surface area contributed by atoms with E-state index in [1.54, 1.807) is 0 Å². The molecule has 0 bridgehead atoms. The first-order chi connectivity index (χ1) is 9.35. The zero-order chi connectivity index (χ0) is 14.9. The summed E-state index contributed by atoms with van der Waals surface area (Å²) in [7, 11) is -2.66. The number of carbonyl (C=O) groups is 1. The molecule has 0 aliphatic heterocycles. The SMILES string of the molecule is COc1cc(Cl)ccc1S(=O)(=O)NC(C(=O)O)C1CC1. The van der Waals surface area contributed by atoms with E-state index in [1.165, 1.54) is 25.3 Å². The first kappa shape index (κ1) is 15.1. The molecule has 0 heterocycles. The van der Waals surface area contributed by atoms with Crippen molar-refractivity contribution in [3.05, 3.63) is 23.2 Å². The molecule has 110 valence electrons. The van der Waals surface area contributed by atoms with Crippen molar-refractivity contribution < 1.29 is 23.1 Å². The third kappa shape index (κ3) is 3.23. The number of aliphatic carboxylic acids is 1. The summed E-state index contributed by atoms with van der Waals surface area (Å²) in [4.78, 5) is 11.0. The third-order valence-electron chi connectivity index (χ3n) is 3.06. The van der Waals surface area contributed by atoms with Crippen molar-refractivity contribution in [2.45, 2.75) is 23.8 Å². The molecule has 0 radical (unpaired) electrons. The highest BCUT2D eigenvalue weighted by Crippen LogP contribution is 2.34. The molecule has 1 fully saturated rings. The smallest absolute Gasteiger partial charge is 0.322 e. The second-order valence-electron chi connectivity index (χ2n) is 4.57. The number of methoxy groups -OCH3 is 1. The molecule has 8 heteroatoms. The second-order valence-corrected chi connectivity index (χ2v) is 6.69. The van der Waals surface area contributed by atoms with E-state index in [4.69, 9.17) is 21.4 Å². The number of halogens is 1. The van der Waals surface area contributed by atoms with Crippen LogP contribution in [0.2, 0.25) is 5.02 Å². The van der Waals surface area contributed by atoms with E-state index in [-0.39, 0.29) is 16.6 Å². The van der Waals surface area contributed by atoms with Gasteiger partial charge in [0, 0.05) is 11.1 Å². The number of sulfonamides is 1. The van der Waals surface area contributed by atoms with Gasteiger partial charge in [0.25, 0.3) is 0 Å². The number of rotatable bonds is 6. The lowest BCUT2D eigenvalue weighted by molar-refractivity contribution is -0.139. The van der Waals surface area contributed by atoms with Crippen LogP contribution in [0.1, 0.15) is 12.8 Å². The Morgan fingerprint density at radius 1 is 1.50 bits per heavy atom. The summed E-state index contributed by atoms with van der Waals surface area (Å²) in [5.41, 5.74) is 0. The fraction of sp³-hybridized carbons (Fsp3) is 0.417. The van der Waals surface area contributed by atoms with Gasteiger partial charge in [0.1, 0.15) is 16.7 Å². The normalized spacial score (nSPS) is 16.7. The molecule has 2 rings (SSSR count). The van der Waals surface area contributed by atoms with E-state index >= 15 is 0 Å². The molecule has 1 aliphatic rings. The molecule has 1 saturated carbocycles. The molecule has 0 aromatic heterocycles. The largest absolute Gasteiger partial charge is 0.495 e. The number of ether oxygens (including phenoxy) is 1. The van der Waals surface area contributed by atoms with Gasteiger partial charge in [-0.3, -0.25) is 4.79 Å². The quantitative estimate of drug-likeness (QED) is 0.828. The molecule has 1 atom stereocenters. The molecule has 20 heavy (non-hydrogen) atoms. The Bertz CT molecular complexity index is 627. The highest BCUT2D eigenvalue weighted by atomic mass is 35.5. The summed E-state index contributed by atoms with van der Waals surface area (Å²) in [6.45, 7) is 0. The summed E-state index contributed by atoms with van der Waals surface area (Å²) in [5.74, 6) is -1.26. The fourth-order valence-corrected chi connectivity index (χ4v) is 3.44. The van der Waals surface area contributed by atoms with Crippen molar-refractivity contribution in [1.82, 2.24) is 4.72 Å². The van der Waals surface area contributed by atoms with Crippen LogP contribution in [-0.4, -0.2) is 32.6 Å². The lowest BCUT2D eigenvalue weighted by atomic mass is 10.2. The lowest BCUT2D eigenvalue weighted by Crippen LogP contribution is -2.42. The number of carboxylic acids is 1. The van der Waals surface area contributed by atoms with Crippen LogP contribution in [0.4, 0.5) is 0 Å². The molecular weight excluding hydrogens is 306 g/mol. The number of hydrogen-bond acceptors (Lipinski definition) is 4. The predicted molar refractivity (Wildman–Crippen MR) is 72.5 cm³/mol. The van der Waals surface area contributed by atoms with E-state index < -0.39 is 22.0 Å². The van der Waals surface area contributed by atoms with Gasteiger partial charge in [0.15, 0.2) is 0 Å². The van der Waals surface area contributed by atoms with Gasteiger partial charge < -0.3 is 9.84 Å². The van der Waals surface area contributed by atoms with E-state index in [2.05, 4.69) is 4.72 Å². The number of hydrogen-bond donors (Lipinski definition) is 2. The van der Waals surface area contributed by atoms with Crippen LogP contribution < -0.4 is 9.46 Å². The number of benzene rings is 1. The maximum Gasteiger partial charge on any atom is 0.322 e.